The van der Waals surface area contributed by atoms with Crippen LogP contribution in [0.15, 0.2) is 17.1 Å². The van der Waals surface area contributed by atoms with Gasteiger partial charge in [-0.15, -0.1) is 0 Å². The minimum absolute atomic E-state index is 0.662. The van der Waals surface area contributed by atoms with Crippen LogP contribution in [0.1, 0.15) is 12.8 Å². The average Bonchev–Trinajstić information content (AvgIpc) is 2.46. The molecule has 0 unspecified atom stereocenters. The molecule has 0 aromatic carbocycles. The molecule has 2 rings (SSSR count). The van der Waals surface area contributed by atoms with E-state index in [0.717, 1.165) is 5.82 Å². The number of aromatic nitrogens is 1. The van der Waals surface area contributed by atoms with Crippen molar-refractivity contribution < 1.29 is 4.42 Å². The van der Waals surface area contributed by atoms with E-state index in [1.165, 1.54) is 19.2 Å². The predicted molar refractivity (Wildman–Crippen MR) is 33.1 cm³/mol. The molecule has 1 aliphatic rings. The monoisotopic (exact) mass is 124 g/mol. The summed E-state index contributed by atoms with van der Waals surface area (Å²) < 4.78 is 4.77. The van der Waals surface area contributed by atoms with Gasteiger partial charge in [-0.2, -0.15) is 4.98 Å². The highest BCUT2D eigenvalue weighted by Gasteiger charge is 2.21. The van der Waals surface area contributed by atoms with Crippen LogP contribution in [-0.2, 0) is 0 Å². The number of rotatable bonds is 2. The first-order valence-corrected chi connectivity index (χ1v) is 3.10. The van der Waals surface area contributed by atoms with Gasteiger partial charge < -0.3 is 9.73 Å². The lowest BCUT2D eigenvalue weighted by Crippen LogP contribution is -1.99. The molecule has 1 aliphatic carbocycles. The molecule has 1 aromatic heterocycles. The maximum absolute atomic E-state index is 4.77. The Balaban J connectivity index is 1.99. The summed E-state index contributed by atoms with van der Waals surface area (Å²) in [4.78, 5) is 3.92. The highest BCUT2D eigenvalue weighted by Crippen LogP contribution is 2.23. The minimum Gasteiger partial charge on any atom is -0.449 e. The van der Waals surface area contributed by atoms with Crippen molar-refractivity contribution in [2.24, 2.45) is 0 Å². The lowest BCUT2D eigenvalue weighted by Gasteiger charge is -1.93. The number of hydrogen-bond donors (Lipinski definition) is 1. The summed E-state index contributed by atoms with van der Waals surface area (Å²) in [6.07, 6.45) is 5.60. The second-order valence-corrected chi connectivity index (χ2v) is 2.29. The summed E-state index contributed by atoms with van der Waals surface area (Å²) in [5.74, 6) is 0.859. The van der Waals surface area contributed by atoms with Crippen molar-refractivity contribution in [1.29, 1.82) is 0 Å². The second-order valence-electron chi connectivity index (χ2n) is 2.29. The van der Waals surface area contributed by atoms with Gasteiger partial charge in [-0.3, -0.25) is 0 Å². The Morgan fingerprint density at radius 3 is 3.11 bits per heavy atom. The molecule has 0 atom stereocenters. The smallest absolute Gasteiger partial charge is 0.182 e. The lowest BCUT2D eigenvalue weighted by molar-refractivity contribution is 0.558. The van der Waals surface area contributed by atoms with Crippen molar-refractivity contribution in [3.63, 3.8) is 0 Å². The summed E-state index contributed by atoms with van der Waals surface area (Å²) in [6.45, 7) is 0. The van der Waals surface area contributed by atoms with Crippen LogP contribution in [0.2, 0.25) is 0 Å². The SMILES string of the molecule is c1nc(NC2CC2)co1. The van der Waals surface area contributed by atoms with Crippen molar-refractivity contribution in [2.75, 3.05) is 5.32 Å². The molecule has 0 aliphatic heterocycles. The summed E-state index contributed by atoms with van der Waals surface area (Å²) in [7, 11) is 0. The van der Waals surface area contributed by atoms with Crippen LogP contribution in [-0.4, -0.2) is 11.0 Å². The highest BCUT2D eigenvalue weighted by molar-refractivity contribution is 5.32. The molecule has 9 heavy (non-hydrogen) atoms. The van der Waals surface area contributed by atoms with Crippen LogP contribution in [0.5, 0.6) is 0 Å². The van der Waals surface area contributed by atoms with Crippen LogP contribution < -0.4 is 5.32 Å². The van der Waals surface area contributed by atoms with Gasteiger partial charge in [-0.05, 0) is 12.8 Å². The van der Waals surface area contributed by atoms with E-state index in [1.54, 1.807) is 6.26 Å². The maximum Gasteiger partial charge on any atom is 0.182 e. The standard InChI is InChI=1S/C6H8N2O/c1-2-5(1)8-6-3-9-4-7-6/h3-5,8H,1-2H2. The Labute approximate surface area is 53.1 Å². The van der Waals surface area contributed by atoms with Gasteiger partial charge in [-0.1, -0.05) is 0 Å². The number of oxazole rings is 1. The second kappa shape index (κ2) is 1.76. The lowest BCUT2D eigenvalue weighted by atomic mass is 10.6. The molecular formula is C6H8N2O. The van der Waals surface area contributed by atoms with Crippen LogP contribution in [0.25, 0.3) is 0 Å². The van der Waals surface area contributed by atoms with E-state index < -0.39 is 0 Å². The maximum atomic E-state index is 4.77. The van der Waals surface area contributed by atoms with Gasteiger partial charge in [0.05, 0.1) is 0 Å². The number of nitrogens with zero attached hydrogens (tertiary/aromatic N) is 1. The van der Waals surface area contributed by atoms with Crippen molar-refractivity contribution in [1.82, 2.24) is 4.98 Å². The van der Waals surface area contributed by atoms with E-state index in [9.17, 15) is 0 Å². The molecule has 0 saturated heterocycles. The largest absolute Gasteiger partial charge is 0.449 e. The normalized spacial score (nSPS) is 17.8. The van der Waals surface area contributed by atoms with E-state index in [1.807, 2.05) is 0 Å². The fourth-order valence-electron chi connectivity index (χ4n) is 0.721. The quantitative estimate of drug-likeness (QED) is 0.644. The Hall–Kier alpha value is -0.990. The molecule has 1 saturated carbocycles. The predicted octanol–water partition coefficient (Wildman–Crippen LogP) is 1.25. The Bertz CT molecular complexity index is 179. The first kappa shape index (κ1) is 4.85. The van der Waals surface area contributed by atoms with Crippen molar-refractivity contribution in [3.05, 3.63) is 12.7 Å². The van der Waals surface area contributed by atoms with Gasteiger partial charge in [0.15, 0.2) is 12.2 Å². The first-order valence-electron chi connectivity index (χ1n) is 3.10. The van der Waals surface area contributed by atoms with E-state index in [2.05, 4.69) is 10.3 Å². The zero-order valence-corrected chi connectivity index (χ0v) is 5.00. The van der Waals surface area contributed by atoms with E-state index in [0.29, 0.717) is 6.04 Å². The minimum atomic E-state index is 0.662. The third-order valence-electron chi connectivity index (χ3n) is 1.36. The number of hydrogen-bond acceptors (Lipinski definition) is 3. The van der Waals surface area contributed by atoms with Gasteiger partial charge in [-0.25, -0.2) is 0 Å². The third-order valence-corrected chi connectivity index (χ3v) is 1.36. The van der Waals surface area contributed by atoms with Gasteiger partial charge in [0.25, 0.3) is 0 Å². The topological polar surface area (TPSA) is 38.1 Å². The van der Waals surface area contributed by atoms with Crippen molar-refractivity contribution in [2.45, 2.75) is 18.9 Å². The molecule has 0 amide bonds. The summed E-state index contributed by atoms with van der Waals surface area (Å²) in [6, 6.07) is 0.662. The van der Waals surface area contributed by atoms with Crippen molar-refractivity contribution in [3.8, 4) is 0 Å². The zero-order chi connectivity index (χ0) is 6.10. The third kappa shape index (κ3) is 1.04. The fourth-order valence-corrected chi connectivity index (χ4v) is 0.721. The van der Waals surface area contributed by atoms with E-state index in [-0.39, 0.29) is 0 Å². The molecule has 3 nitrogen and oxygen atoms in total. The van der Waals surface area contributed by atoms with E-state index in [4.69, 9.17) is 4.42 Å². The highest BCUT2D eigenvalue weighted by atomic mass is 16.3. The molecule has 1 N–H and O–H groups in total. The van der Waals surface area contributed by atoms with Crippen LogP contribution in [0.4, 0.5) is 5.82 Å². The Morgan fingerprint density at radius 1 is 1.67 bits per heavy atom. The number of nitrogens with one attached hydrogen (secondary N) is 1. The summed E-state index contributed by atoms with van der Waals surface area (Å²) >= 11 is 0. The van der Waals surface area contributed by atoms with Crippen molar-refractivity contribution >= 4 is 5.82 Å². The zero-order valence-electron chi connectivity index (χ0n) is 5.00. The molecule has 1 heterocycles. The molecule has 0 bridgehead atoms. The number of anilines is 1. The van der Waals surface area contributed by atoms with Crippen LogP contribution in [0.3, 0.4) is 0 Å². The average molecular weight is 124 g/mol. The summed E-state index contributed by atoms with van der Waals surface area (Å²) in [5.41, 5.74) is 0. The molecule has 3 heteroatoms. The van der Waals surface area contributed by atoms with Crippen LogP contribution in [0, 0.1) is 0 Å². The Kier molecular flexibility index (Phi) is 0.946. The molecule has 0 spiro atoms. The molecule has 1 fully saturated rings. The Morgan fingerprint density at radius 2 is 2.56 bits per heavy atom. The van der Waals surface area contributed by atoms with Gasteiger partial charge in [0.1, 0.15) is 6.26 Å². The van der Waals surface area contributed by atoms with E-state index >= 15 is 0 Å². The molecule has 1 aromatic rings. The molecule has 48 valence electrons. The van der Waals surface area contributed by atoms with Gasteiger partial charge in [0, 0.05) is 6.04 Å². The molecular weight excluding hydrogens is 116 g/mol. The fraction of sp³-hybridized carbons (Fsp3) is 0.500. The van der Waals surface area contributed by atoms with Crippen LogP contribution >= 0.6 is 0 Å². The van der Waals surface area contributed by atoms with Gasteiger partial charge >= 0.3 is 0 Å². The first-order chi connectivity index (χ1) is 4.45. The van der Waals surface area contributed by atoms with Gasteiger partial charge in [0.2, 0.25) is 0 Å². The molecule has 0 radical (unpaired) electrons. The summed E-state index contributed by atoms with van der Waals surface area (Å²) in [5, 5.41) is 3.19.